The van der Waals surface area contributed by atoms with Crippen molar-refractivity contribution in [2.45, 2.75) is 10.8 Å². The standard InChI is InChI=1S/C66H45N/c1-6-22-46(23-7-1)53-40-43-64(57-35-17-16-32-54(53)57)67(51-38-41-62-58(44-51)55-33-18-20-36-60(55)65(62,47-24-8-2-9-25-47)48-26-10-3-11-27-48)52-39-42-63-59(45-52)56-34-19-21-37-61(56)66(63,49-28-12-4-13-29-49)50-30-14-5-15-31-50/h1-45H/i1D,6D,7D,16D,17D,22D,23D,32D,35D,40D,43D. The summed E-state index contributed by atoms with van der Waals surface area (Å²) in [6, 6.07) is 63.6. The summed E-state index contributed by atoms with van der Waals surface area (Å²) in [5.74, 6) is 0. The van der Waals surface area contributed by atoms with Gasteiger partial charge in [-0.2, -0.15) is 0 Å². The zero-order chi connectivity index (χ0) is 53.9. The Balaban J connectivity index is 1.17. The molecule has 0 amide bonds. The minimum absolute atomic E-state index is 0.0506. The van der Waals surface area contributed by atoms with Crippen LogP contribution >= 0.6 is 0 Å². The average molecular weight is 863 g/mol. The number of nitrogens with zero attached hydrogens (tertiary/aromatic N) is 1. The van der Waals surface area contributed by atoms with Crippen molar-refractivity contribution >= 4 is 27.8 Å². The SMILES string of the molecule is [2H]c1c([2H])c([2H])c(-c2c([2H])c([2H])c(N(c3ccc4c(c3)-c3ccccc3C4(c3ccccc3)c3ccccc3)c3ccc4c(c3)-c3ccccc3C4(c3ccccc3)c3ccccc3)c3c([2H])c([2H])c([2H])c([2H])c23)c([2H])c1[2H]. The zero-order valence-corrected chi connectivity index (χ0v) is 36.1. The fourth-order valence-corrected chi connectivity index (χ4v) is 11.2. The van der Waals surface area contributed by atoms with Crippen molar-refractivity contribution in [3.63, 3.8) is 0 Å². The molecule has 0 spiro atoms. The lowest BCUT2D eigenvalue weighted by Gasteiger charge is -2.35. The quantitative estimate of drug-likeness (QED) is 0.147. The smallest absolute Gasteiger partial charge is 0.0713 e. The van der Waals surface area contributed by atoms with Crippen LogP contribution in [0.1, 0.15) is 59.6 Å². The van der Waals surface area contributed by atoms with E-state index in [2.05, 4.69) is 97.1 Å². The predicted octanol–water partition coefficient (Wildman–Crippen LogP) is 16.7. The molecule has 2 aliphatic rings. The third-order valence-electron chi connectivity index (χ3n) is 13.9. The number of hydrogen-bond donors (Lipinski definition) is 0. The first kappa shape index (κ1) is 29.1. The summed E-state index contributed by atoms with van der Waals surface area (Å²) in [5.41, 5.74) is 10.7. The Morgan fingerprint density at radius 2 is 0.687 bits per heavy atom. The van der Waals surface area contributed by atoms with Gasteiger partial charge in [0.15, 0.2) is 0 Å². The van der Waals surface area contributed by atoms with E-state index < -0.39 is 82.9 Å². The Morgan fingerprint density at radius 1 is 0.299 bits per heavy atom. The van der Waals surface area contributed by atoms with Crippen molar-refractivity contribution < 1.29 is 15.1 Å². The summed E-state index contributed by atoms with van der Waals surface area (Å²) in [7, 11) is 0. The minimum atomic E-state index is -0.764. The molecule has 0 bridgehead atoms. The van der Waals surface area contributed by atoms with E-state index in [1.807, 2.05) is 109 Å². The molecule has 0 atom stereocenters. The van der Waals surface area contributed by atoms with Crippen LogP contribution in [-0.2, 0) is 10.8 Å². The molecule has 1 nitrogen and oxygen atoms in total. The summed E-state index contributed by atoms with van der Waals surface area (Å²) < 4.78 is 102. The lowest BCUT2D eigenvalue weighted by Crippen LogP contribution is -2.28. The molecule has 11 aromatic carbocycles. The highest BCUT2D eigenvalue weighted by atomic mass is 15.1. The Morgan fingerprint density at radius 3 is 1.15 bits per heavy atom. The van der Waals surface area contributed by atoms with Crippen LogP contribution in [0.3, 0.4) is 0 Å². The Labute approximate surface area is 408 Å². The van der Waals surface area contributed by atoms with Crippen molar-refractivity contribution in [1.82, 2.24) is 0 Å². The lowest BCUT2D eigenvalue weighted by atomic mass is 9.67. The second-order valence-corrected chi connectivity index (χ2v) is 17.1. The molecular formula is C66H45N. The van der Waals surface area contributed by atoms with Crippen molar-refractivity contribution in [1.29, 1.82) is 0 Å². The first-order chi connectivity index (χ1) is 37.8. The molecule has 0 saturated heterocycles. The first-order valence-electron chi connectivity index (χ1n) is 27.9. The van der Waals surface area contributed by atoms with Gasteiger partial charge in [-0.05, 0) is 114 Å². The van der Waals surface area contributed by atoms with Gasteiger partial charge in [0.1, 0.15) is 0 Å². The van der Waals surface area contributed by atoms with Crippen LogP contribution in [0.15, 0.2) is 273 Å². The van der Waals surface area contributed by atoms with E-state index in [9.17, 15) is 6.85 Å². The monoisotopic (exact) mass is 862 g/mol. The summed E-state index contributed by atoms with van der Waals surface area (Å²) in [6.07, 6.45) is 0. The summed E-state index contributed by atoms with van der Waals surface area (Å²) in [6.45, 7) is 0. The summed E-state index contributed by atoms with van der Waals surface area (Å²) >= 11 is 0. The van der Waals surface area contributed by atoms with E-state index in [0.29, 0.717) is 11.4 Å². The van der Waals surface area contributed by atoms with Crippen LogP contribution in [-0.4, -0.2) is 0 Å². The molecule has 2 aliphatic carbocycles. The number of hydrogen-bond acceptors (Lipinski definition) is 1. The Hall–Kier alpha value is -8.52. The molecule has 0 saturated carbocycles. The Bertz CT molecular complexity index is 3990. The van der Waals surface area contributed by atoms with Gasteiger partial charge >= 0.3 is 0 Å². The maximum absolute atomic E-state index is 10.3. The Kier molecular flexibility index (Phi) is 6.77. The number of rotatable bonds is 8. The molecule has 0 N–H and O–H groups in total. The maximum Gasteiger partial charge on any atom is 0.0713 e. The van der Waals surface area contributed by atoms with Crippen LogP contribution in [0, 0.1) is 0 Å². The van der Waals surface area contributed by atoms with E-state index in [4.69, 9.17) is 8.22 Å². The topological polar surface area (TPSA) is 3.24 Å². The molecule has 13 rings (SSSR count). The molecule has 11 aromatic rings. The van der Waals surface area contributed by atoms with Gasteiger partial charge in [-0.3, -0.25) is 0 Å². The highest BCUT2D eigenvalue weighted by Gasteiger charge is 2.48. The molecule has 67 heavy (non-hydrogen) atoms. The zero-order valence-electron chi connectivity index (χ0n) is 47.1. The fourth-order valence-electron chi connectivity index (χ4n) is 11.2. The van der Waals surface area contributed by atoms with Gasteiger partial charge in [0.05, 0.1) is 31.6 Å². The summed E-state index contributed by atoms with van der Waals surface area (Å²) in [5, 5.41) is -0.408. The molecule has 0 fully saturated rings. The summed E-state index contributed by atoms with van der Waals surface area (Å²) in [4.78, 5) is 1.80. The van der Waals surface area contributed by atoms with E-state index in [0.717, 1.165) is 66.8 Å². The maximum atomic E-state index is 10.3. The highest BCUT2D eigenvalue weighted by Crippen LogP contribution is 2.59. The third-order valence-corrected chi connectivity index (χ3v) is 13.9. The van der Waals surface area contributed by atoms with Crippen molar-refractivity contribution in [2.24, 2.45) is 0 Å². The van der Waals surface area contributed by atoms with Gasteiger partial charge in [0, 0.05) is 16.8 Å². The van der Waals surface area contributed by atoms with Crippen LogP contribution in [0.5, 0.6) is 0 Å². The van der Waals surface area contributed by atoms with Gasteiger partial charge in [-0.1, -0.05) is 242 Å². The molecule has 1 heteroatoms. The second kappa shape index (κ2) is 15.6. The van der Waals surface area contributed by atoms with Gasteiger partial charge in [-0.15, -0.1) is 0 Å². The third kappa shape index (κ3) is 5.75. The van der Waals surface area contributed by atoms with Crippen molar-refractivity contribution in [2.75, 3.05) is 4.90 Å². The normalized spacial score (nSPS) is 15.9. The van der Waals surface area contributed by atoms with Crippen molar-refractivity contribution in [3.05, 3.63) is 317 Å². The first-order valence-corrected chi connectivity index (χ1v) is 22.4. The number of benzene rings is 11. The van der Waals surface area contributed by atoms with Crippen LogP contribution in [0.2, 0.25) is 0 Å². The molecular weight excluding hydrogens is 807 g/mol. The minimum Gasteiger partial charge on any atom is -0.310 e. The van der Waals surface area contributed by atoms with E-state index >= 15 is 0 Å². The van der Waals surface area contributed by atoms with Gasteiger partial charge in [0.2, 0.25) is 0 Å². The average Bonchev–Trinajstić information content (AvgIpc) is 3.69. The van der Waals surface area contributed by atoms with Gasteiger partial charge in [-0.25, -0.2) is 0 Å². The van der Waals surface area contributed by atoms with E-state index in [1.54, 1.807) is 4.90 Å². The fraction of sp³-hybridized carbons (Fsp3) is 0.0303. The van der Waals surface area contributed by atoms with E-state index in [-0.39, 0.29) is 22.0 Å². The van der Waals surface area contributed by atoms with E-state index in [1.165, 1.54) is 0 Å². The number of fused-ring (bicyclic) bond motifs is 7. The van der Waals surface area contributed by atoms with Gasteiger partial charge in [0.25, 0.3) is 0 Å². The lowest BCUT2D eigenvalue weighted by molar-refractivity contribution is 0.768. The molecule has 0 unspecified atom stereocenters. The van der Waals surface area contributed by atoms with Crippen molar-refractivity contribution in [3.8, 4) is 33.4 Å². The molecule has 0 aromatic heterocycles. The second-order valence-electron chi connectivity index (χ2n) is 17.1. The molecule has 0 aliphatic heterocycles. The highest BCUT2D eigenvalue weighted by molar-refractivity contribution is 6.07. The molecule has 0 radical (unpaired) electrons. The van der Waals surface area contributed by atoms with Crippen LogP contribution < -0.4 is 4.90 Å². The number of anilines is 3. The molecule has 314 valence electrons. The van der Waals surface area contributed by atoms with Crippen LogP contribution in [0.25, 0.3) is 44.2 Å². The molecule has 0 heterocycles. The predicted molar refractivity (Wildman–Crippen MR) is 279 cm³/mol. The van der Waals surface area contributed by atoms with Gasteiger partial charge < -0.3 is 4.90 Å². The largest absolute Gasteiger partial charge is 0.310 e. The van der Waals surface area contributed by atoms with Crippen LogP contribution in [0.4, 0.5) is 17.1 Å².